The Kier molecular flexibility index (Phi) is 4.20. The summed E-state index contributed by atoms with van der Waals surface area (Å²) in [6, 6.07) is 5.79. The second kappa shape index (κ2) is 6.91. The Labute approximate surface area is 172 Å². The molecule has 0 N–H and O–H groups in total. The quantitative estimate of drug-likeness (QED) is 0.512. The highest BCUT2D eigenvalue weighted by Gasteiger charge is 2.26. The zero-order valence-corrected chi connectivity index (χ0v) is 16.8. The highest BCUT2D eigenvalue weighted by molar-refractivity contribution is 5.80. The van der Waals surface area contributed by atoms with E-state index >= 15 is 0 Å². The lowest BCUT2D eigenvalue weighted by molar-refractivity contribution is -0.130. The van der Waals surface area contributed by atoms with Crippen molar-refractivity contribution >= 4 is 22.6 Å². The van der Waals surface area contributed by atoms with Crippen LogP contribution >= 0.6 is 0 Å². The molecule has 9 nitrogen and oxygen atoms in total. The van der Waals surface area contributed by atoms with Gasteiger partial charge in [0.15, 0.2) is 11.5 Å². The number of nitrogens with zero attached hydrogens (tertiary/aromatic N) is 8. The number of fused-ring (bicyclic) bond motifs is 2. The molecule has 1 fully saturated rings. The van der Waals surface area contributed by atoms with Gasteiger partial charge < -0.3 is 9.47 Å². The Balaban J connectivity index is 1.62. The fraction of sp³-hybridized carbons (Fsp3) is 0.333. The van der Waals surface area contributed by atoms with Gasteiger partial charge in [0.1, 0.15) is 11.3 Å². The van der Waals surface area contributed by atoms with Crippen molar-refractivity contribution in [3.05, 3.63) is 42.1 Å². The van der Waals surface area contributed by atoms with Gasteiger partial charge in [0.05, 0.1) is 41.1 Å². The highest BCUT2D eigenvalue weighted by atomic mass is 16.2. The molecule has 9 heteroatoms. The number of aryl methyl sites for hydroxylation is 1. The molecule has 0 radical (unpaired) electrons. The van der Waals surface area contributed by atoms with E-state index in [9.17, 15) is 10.1 Å². The molecule has 1 amide bonds. The largest absolute Gasteiger partial charge is 0.341 e. The van der Waals surface area contributed by atoms with Gasteiger partial charge in [-0.15, -0.1) is 0 Å². The number of carbonyl (C=O) groups excluding carboxylic acids is 1. The number of pyridine rings is 1. The van der Waals surface area contributed by atoms with Gasteiger partial charge in [-0.05, 0) is 31.9 Å². The van der Waals surface area contributed by atoms with E-state index in [4.69, 9.17) is 4.98 Å². The van der Waals surface area contributed by atoms with Gasteiger partial charge in [0.2, 0.25) is 5.91 Å². The van der Waals surface area contributed by atoms with Crippen LogP contribution in [0.3, 0.4) is 0 Å². The summed E-state index contributed by atoms with van der Waals surface area (Å²) in [5, 5.41) is 13.6. The van der Waals surface area contributed by atoms with Crippen LogP contribution in [-0.2, 0) is 4.79 Å². The van der Waals surface area contributed by atoms with Crippen molar-refractivity contribution in [1.29, 1.82) is 5.26 Å². The topological polar surface area (TPSA) is 105 Å². The van der Waals surface area contributed by atoms with E-state index in [1.807, 2.05) is 11.8 Å². The van der Waals surface area contributed by atoms with Crippen LogP contribution in [0.25, 0.3) is 28.1 Å². The summed E-state index contributed by atoms with van der Waals surface area (Å²) < 4.78 is 3.83. The first-order valence-corrected chi connectivity index (χ1v) is 9.90. The number of amides is 1. The van der Waals surface area contributed by atoms with Crippen molar-refractivity contribution in [1.82, 2.24) is 34.0 Å². The second-order valence-corrected chi connectivity index (χ2v) is 7.61. The van der Waals surface area contributed by atoms with E-state index in [1.54, 1.807) is 42.2 Å². The average molecular weight is 400 g/mol. The van der Waals surface area contributed by atoms with Crippen molar-refractivity contribution in [2.75, 3.05) is 13.1 Å². The number of piperidine rings is 1. The van der Waals surface area contributed by atoms with Gasteiger partial charge in [0, 0.05) is 26.2 Å². The van der Waals surface area contributed by atoms with Gasteiger partial charge in [-0.25, -0.2) is 19.5 Å². The van der Waals surface area contributed by atoms with Crippen LogP contribution in [0.15, 0.2) is 30.7 Å². The van der Waals surface area contributed by atoms with Gasteiger partial charge in [-0.1, -0.05) is 0 Å². The number of carbonyl (C=O) groups is 1. The number of nitriles is 1. The molecule has 0 saturated carbocycles. The number of hydrogen-bond donors (Lipinski definition) is 0. The standard InChI is InChI=1S/C21H20N8O/c1-13-25-18-11-23-20(17-10-24-28-7-5-15(9-22)8-19(17)28)26-21(18)29(13)16-4-3-6-27(12-16)14(2)30/h5,7-8,10-11,16H,3-4,6,12H2,1-2H3/t16-/m0/s1. The molecule has 4 aromatic rings. The maximum atomic E-state index is 11.9. The molecule has 0 bridgehead atoms. The van der Waals surface area contributed by atoms with Crippen molar-refractivity contribution in [2.45, 2.75) is 32.7 Å². The van der Waals surface area contributed by atoms with Crippen LogP contribution in [0.1, 0.15) is 37.2 Å². The summed E-state index contributed by atoms with van der Waals surface area (Å²) in [7, 11) is 0. The number of likely N-dealkylation sites (tertiary alicyclic amines) is 1. The smallest absolute Gasteiger partial charge is 0.219 e. The summed E-state index contributed by atoms with van der Waals surface area (Å²) in [6.07, 6.45) is 7.11. The molecule has 0 aromatic carbocycles. The van der Waals surface area contributed by atoms with Gasteiger partial charge in [-0.2, -0.15) is 10.4 Å². The monoisotopic (exact) mass is 400 g/mol. The molecule has 1 saturated heterocycles. The van der Waals surface area contributed by atoms with Crippen LogP contribution in [0.4, 0.5) is 0 Å². The Bertz CT molecular complexity index is 1330. The first-order valence-electron chi connectivity index (χ1n) is 9.90. The summed E-state index contributed by atoms with van der Waals surface area (Å²) in [5.41, 5.74) is 3.57. The minimum atomic E-state index is 0.0942. The minimum absolute atomic E-state index is 0.0942. The Morgan fingerprint density at radius 1 is 1.30 bits per heavy atom. The minimum Gasteiger partial charge on any atom is -0.341 e. The molecule has 0 aliphatic carbocycles. The first-order chi connectivity index (χ1) is 14.5. The molecular formula is C21H20N8O. The molecule has 0 unspecified atom stereocenters. The Morgan fingerprint density at radius 3 is 2.97 bits per heavy atom. The maximum absolute atomic E-state index is 11.9. The molecule has 1 aliphatic rings. The molecule has 4 aromatic heterocycles. The fourth-order valence-electron chi connectivity index (χ4n) is 4.24. The normalized spacial score (nSPS) is 16.8. The molecule has 150 valence electrons. The lowest BCUT2D eigenvalue weighted by atomic mass is 10.1. The highest BCUT2D eigenvalue weighted by Crippen LogP contribution is 2.29. The predicted molar refractivity (Wildman–Crippen MR) is 109 cm³/mol. The van der Waals surface area contributed by atoms with Crippen LogP contribution in [0.5, 0.6) is 0 Å². The Morgan fingerprint density at radius 2 is 2.17 bits per heavy atom. The number of hydrogen-bond acceptors (Lipinski definition) is 6. The number of rotatable bonds is 2. The summed E-state index contributed by atoms with van der Waals surface area (Å²) in [4.78, 5) is 27.8. The van der Waals surface area contributed by atoms with Gasteiger partial charge in [0.25, 0.3) is 0 Å². The zero-order valence-electron chi connectivity index (χ0n) is 16.8. The van der Waals surface area contributed by atoms with Crippen LogP contribution < -0.4 is 0 Å². The van der Waals surface area contributed by atoms with Crippen molar-refractivity contribution in [3.63, 3.8) is 0 Å². The van der Waals surface area contributed by atoms with E-state index in [-0.39, 0.29) is 11.9 Å². The SMILES string of the molecule is CC(=O)N1CCC[C@H](n2c(C)nc3cnc(-c4cnn5ccc(C#N)cc45)nc32)C1. The Hall–Kier alpha value is -3.80. The summed E-state index contributed by atoms with van der Waals surface area (Å²) >= 11 is 0. The lowest BCUT2D eigenvalue weighted by Crippen LogP contribution is -2.39. The zero-order chi connectivity index (χ0) is 20.8. The average Bonchev–Trinajstić information content (AvgIpc) is 3.32. The predicted octanol–water partition coefficient (Wildman–Crippen LogP) is 2.50. The molecular weight excluding hydrogens is 380 g/mol. The third-order valence-corrected chi connectivity index (χ3v) is 5.71. The van der Waals surface area contributed by atoms with E-state index in [1.165, 1.54) is 0 Å². The van der Waals surface area contributed by atoms with Crippen molar-refractivity contribution < 1.29 is 4.79 Å². The third kappa shape index (κ3) is 2.88. The first kappa shape index (κ1) is 18.2. The summed E-state index contributed by atoms with van der Waals surface area (Å²) in [6.45, 7) is 5.02. The lowest BCUT2D eigenvalue weighted by Gasteiger charge is -2.33. The van der Waals surface area contributed by atoms with E-state index in [2.05, 4.69) is 25.7 Å². The van der Waals surface area contributed by atoms with Crippen LogP contribution in [0, 0.1) is 18.3 Å². The third-order valence-electron chi connectivity index (χ3n) is 5.71. The molecule has 5 rings (SSSR count). The maximum Gasteiger partial charge on any atom is 0.219 e. The van der Waals surface area contributed by atoms with E-state index in [0.29, 0.717) is 17.9 Å². The van der Waals surface area contributed by atoms with E-state index < -0.39 is 0 Å². The van der Waals surface area contributed by atoms with E-state index in [0.717, 1.165) is 47.5 Å². The van der Waals surface area contributed by atoms with Crippen LogP contribution in [-0.4, -0.2) is 53.0 Å². The number of imidazole rings is 1. The fourth-order valence-corrected chi connectivity index (χ4v) is 4.24. The molecule has 0 spiro atoms. The van der Waals surface area contributed by atoms with Crippen molar-refractivity contribution in [2.24, 2.45) is 0 Å². The molecule has 1 aliphatic heterocycles. The second-order valence-electron chi connectivity index (χ2n) is 7.61. The van der Waals surface area contributed by atoms with Crippen molar-refractivity contribution in [3.8, 4) is 17.5 Å². The van der Waals surface area contributed by atoms with Gasteiger partial charge in [-0.3, -0.25) is 4.79 Å². The molecule has 30 heavy (non-hydrogen) atoms. The van der Waals surface area contributed by atoms with Gasteiger partial charge >= 0.3 is 0 Å². The summed E-state index contributed by atoms with van der Waals surface area (Å²) in [5.74, 6) is 1.49. The van der Waals surface area contributed by atoms with Crippen LogP contribution in [0.2, 0.25) is 0 Å². The molecule has 5 heterocycles. The molecule has 1 atom stereocenters. The number of aromatic nitrogens is 6.